The minimum atomic E-state index is -4.71. The van der Waals surface area contributed by atoms with E-state index in [0.717, 1.165) is 10.9 Å². The highest BCUT2D eigenvalue weighted by atomic mass is 35.5. The van der Waals surface area contributed by atoms with Crippen molar-refractivity contribution in [2.24, 2.45) is 0 Å². The minimum Gasteiger partial charge on any atom is -0.298 e. The normalized spacial score (nSPS) is 11.6. The number of nitrogens with zero attached hydrogens (tertiary/aromatic N) is 2. The Morgan fingerprint density at radius 3 is 2.42 bits per heavy atom. The molecule has 0 amide bonds. The molecule has 0 fully saturated rings. The van der Waals surface area contributed by atoms with Crippen molar-refractivity contribution in [2.75, 3.05) is 0 Å². The molecule has 0 aliphatic heterocycles. The van der Waals surface area contributed by atoms with E-state index in [4.69, 9.17) is 23.2 Å². The zero-order valence-corrected chi connectivity index (χ0v) is 10.6. The number of carbonyl (C=O) groups excluding carboxylic acids is 1. The van der Waals surface area contributed by atoms with Crippen molar-refractivity contribution in [2.45, 2.75) is 6.18 Å². The first-order valence-electron chi connectivity index (χ1n) is 4.90. The van der Waals surface area contributed by atoms with Gasteiger partial charge in [-0.3, -0.25) is 4.79 Å². The lowest BCUT2D eigenvalue weighted by Gasteiger charge is -2.05. The second-order valence-electron chi connectivity index (χ2n) is 3.59. The summed E-state index contributed by atoms with van der Waals surface area (Å²) in [5, 5.41) is 3.81. The van der Waals surface area contributed by atoms with Crippen molar-refractivity contribution in [1.82, 2.24) is 9.78 Å². The smallest absolute Gasteiger partial charge is 0.298 e. The van der Waals surface area contributed by atoms with E-state index in [1.54, 1.807) is 0 Å². The molecule has 0 N–H and O–H groups in total. The van der Waals surface area contributed by atoms with E-state index in [1.165, 1.54) is 18.2 Å². The van der Waals surface area contributed by atoms with Crippen LogP contribution in [0, 0.1) is 0 Å². The molecule has 0 atom stereocenters. The van der Waals surface area contributed by atoms with E-state index in [9.17, 15) is 18.0 Å². The van der Waals surface area contributed by atoms with Crippen molar-refractivity contribution in [3.8, 4) is 5.69 Å². The number of alkyl halides is 3. The van der Waals surface area contributed by atoms with Crippen LogP contribution in [0.5, 0.6) is 0 Å². The Morgan fingerprint density at radius 1 is 1.26 bits per heavy atom. The Hall–Kier alpha value is -1.53. The fourth-order valence-electron chi connectivity index (χ4n) is 1.48. The van der Waals surface area contributed by atoms with Crippen LogP contribution in [0.4, 0.5) is 13.2 Å². The van der Waals surface area contributed by atoms with Crippen molar-refractivity contribution >= 4 is 29.5 Å². The van der Waals surface area contributed by atoms with Gasteiger partial charge in [0.25, 0.3) is 0 Å². The molecule has 0 saturated heterocycles. The highest BCUT2D eigenvalue weighted by Crippen LogP contribution is 2.32. The van der Waals surface area contributed by atoms with E-state index in [-0.39, 0.29) is 17.0 Å². The summed E-state index contributed by atoms with van der Waals surface area (Å²) in [7, 11) is 0. The van der Waals surface area contributed by atoms with Gasteiger partial charge in [-0.15, -0.1) is 0 Å². The fraction of sp³-hybridized carbons (Fsp3) is 0.0909. The number of rotatable bonds is 2. The zero-order chi connectivity index (χ0) is 14.2. The molecule has 2 rings (SSSR count). The highest BCUT2D eigenvalue weighted by Gasteiger charge is 2.37. The number of halogens is 5. The maximum Gasteiger partial charge on any atom is 0.435 e. The number of hydrogen-bond acceptors (Lipinski definition) is 2. The maximum absolute atomic E-state index is 12.6. The lowest BCUT2D eigenvalue weighted by atomic mass is 10.2. The average Bonchev–Trinajstić information content (AvgIpc) is 2.72. The maximum atomic E-state index is 12.6. The van der Waals surface area contributed by atoms with Gasteiger partial charge in [0, 0.05) is 11.2 Å². The van der Waals surface area contributed by atoms with E-state index >= 15 is 0 Å². The second kappa shape index (κ2) is 4.86. The topological polar surface area (TPSA) is 34.9 Å². The van der Waals surface area contributed by atoms with E-state index < -0.39 is 17.4 Å². The molecule has 1 aromatic carbocycles. The van der Waals surface area contributed by atoms with Gasteiger partial charge in [0.1, 0.15) is 0 Å². The summed E-state index contributed by atoms with van der Waals surface area (Å²) in [5.74, 6) is 0. The molecule has 0 spiro atoms. The standard InChI is InChI=1S/C11H5Cl2F3N2O/c12-7-1-2-9(8(13)3-7)18-4-6(5-19)10(17-18)11(14,15)16/h1-5H. The first-order valence-corrected chi connectivity index (χ1v) is 5.66. The summed E-state index contributed by atoms with van der Waals surface area (Å²) in [6, 6.07) is 4.23. The third-order valence-electron chi connectivity index (χ3n) is 2.29. The van der Waals surface area contributed by atoms with Crippen molar-refractivity contribution in [3.05, 3.63) is 45.7 Å². The van der Waals surface area contributed by atoms with Crippen LogP contribution in [0.25, 0.3) is 5.69 Å². The molecule has 0 radical (unpaired) electrons. The molecule has 1 heterocycles. The van der Waals surface area contributed by atoms with Crippen LogP contribution >= 0.6 is 23.2 Å². The number of carbonyl (C=O) groups is 1. The van der Waals surface area contributed by atoms with Crippen LogP contribution < -0.4 is 0 Å². The Balaban J connectivity index is 2.58. The van der Waals surface area contributed by atoms with Gasteiger partial charge >= 0.3 is 6.18 Å². The van der Waals surface area contributed by atoms with E-state index in [0.29, 0.717) is 5.02 Å². The van der Waals surface area contributed by atoms with Gasteiger partial charge in [-0.05, 0) is 18.2 Å². The van der Waals surface area contributed by atoms with Crippen LogP contribution in [0.3, 0.4) is 0 Å². The highest BCUT2D eigenvalue weighted by molar-refractivity contribution is 6.35. The molecule has 100 valence electrons. The molecule has 19 heavy (non-hydrogen) atoms. The van der Waals surface area contributed by atoms with Gasteiger partial charge in [-0.1, -0.05) is 23.2 Å². The van der Waals surface area contributed by atoms with Gasteiger partial charge in [0.2, 0.25) is 0 Å². The van der Waals surface area contributed by atoms with Gasteiger partial charge < -0.3 is 0 Å². The Bertz CT molecular complexity index is 637. The van der Waals surface area contributed by atoms with Crippen LogP contribution in [-0.4, -0.2) is 16.1 Å². The first kappa shape index (κ1) is 13.9. The molecule has 1 aromatic heterocycles. The number of aldehydes is 1. The number of benzene rings is 1. The summed E-state index contributed by atoms with van der Waals surface area (Å²) in [6.45, 7) is 0. The monoisotopic (exact) mass is 308 g/mol. The largest absolute Gasteiger partial charge is 0.435 e. The molecule has 0 unspecified atom stereocenters. The first-order chi connectivity index (χ1) is 8.82. The van der Waals surface area contributed by atoms with Crippen molar-refractivity contribution < 1.29 is 18.0 Å². The van der Waals surface area contributed by atoms with Gasteiger partial charge in [-0.25, -0.2) is 4.68 Å². The summed E-state index contributed by atoms with van der Waals surface area (Å²) >= 11 is 11.6. The zero-order valence-electron chi connectivity index (χ0n) is 9.08. The Kier molecular flexibility index (Phi) is 3.56. The average molecular weight is 309 g/mol. The van der Waals surface area contributed by atoms with Crippen molar-refractivity contribution in [3.63, 3.8) is 0 Å². The van der Waals surface area contributed by atoms with Gasteiger partial charge in [-0.2, -0.15) is 18.3 Å². The van der Waals surface area contributed by atoms with Crippen LogP contribution in [0.2, 0.25) is 10.0 Å². The molecule has 0 saturated carbocycles. The third-order valence-corrected chi connectivity index (χ3v) is 2.83. The number of aromatic nitrogens is 2. The fourth-order valence-corrected chi connectivity index (χ4v) is 1.98. The molecule has 3 nitrogen and oxygen atoms in total. The SMILES string of the molecule is O=Cc1cn(-c2ccc(Cl)cc2Cl)nc1C(F)(F)F. The molecule has 0 aliphatic rings. The van der Waals surface area contributed by atoms with Crippen LogP contribution in [0.15, 0.2) is 24.4 Å². The van der Waals surface area contributed by atoms with Crippen LogP contribution in [0.1, 0.15) is 16.1 Å². The quantitative estimate of drug-likeness (QED) is 0.786. The lowest BCUT2D eigenvalue weighted by molar-refractivity contribution is -0.141. The van der Waals surface area contributed by atoms with Gasteiger partial charge in [0.05, 0.1) is 16.3 Å². The molecule has 0 bridgehead atoms. The van der Waals surface area contributed by atoms with Gasteiger partial charge in [0.15, 0.2) is 12.0 Å². The summed E-state index contributed by atoms with van der Waals surface area (Å²) < 4.78 is 38.8. The van der Waals surface area contributed by atoms with Crippen LogP contribution in [-0.2, 0) is 6.18 Å². The Morgan fingerprint density at radius 2 is 1.95 bits per heavy atom. The molecule has 8 heteroatoms. The molecular formula is C11H5Cl2F3N2O. The summed E-state index contributed by atoms with van der Waals surface area (Å²) in [5.41, 5.74) is -1.61. The summed E-state index contributed by atoms with van der Waals surface area (Å²) in [6.07, 6.45) is -3.65. The predicted molar refractivity (Wildman–Crippen MR) is 64.0 cm³/mol. The van der Waals surface area contributed by atoms with E-state index in [1.807, 2.05) is 0 Å². The predicted octanol–water partition coefficient (Wildman–Crippen LogP) is 4.01. The Labute approximate surface area is 115 Å². The van der Waals surface area contributed by atoms with Crippen molar-refractivity contribution in [1.29, 1.82) is 0 Å². The molecular weight excluding hydrogens is 304 g/mol. The number of hydrogen-bond donors (Lipinski definition) is 0. The molecule has 0 aliphatic carbocycles. The third kappa shape index (κ3) is 2.74. The second-order valence-corrected chi connectivity index (χ2v) is 4.43. The summed E-state index contributed by atoms with van der Waals surface area (Å²) in [4.78, 5) is 10.7. The molecule has 2 aromatic rings. The lowest BCUT2D eigenvalue weighted by Crippen LogP contribution is -2.09. The van der Waals surface area contributed by atoms with E-state index in [2.05, 4.69) is 5.10 Å². The minimum absolute atomic E-state index is 0.0934.